The molecule has 0 amide bonds. The molecular formula is C17H19N3O2S. The van der Waals surface area contributed by atoms with Gasteiger partial charge in [0.25, 0.3) is 0 Å². The Labute approximate surface area is 140 Å². The summed E-state index contributed by atoms with van der Waals surface area (Å²) in [6.45, 7) is 0. The SMILES string of the molecule is COc1ccc(/C(CCc2ccccc2)=N/N=C/SN)c(O)c1. The van der Waals surface area contributed by atoms with Gasteiger partial charge in [-0.2, -0.15) is 10.2 Å². The largest absolute Gasteiger partial charge is 0.507 e. The van der Waals surface area contributed by atoms with Crippen LogP contribution in [0.2, 0.25) is 0 Å². The summed E-state index contributed by atoms with van der Waals surface area (Å²) in [7, 11) is 1.56. The van der Waals surface area contributed by atoms with Crippen LogP contribution in [0.3, 0.4) is 0 Å². The average molecular weight is 329 g/mol. The molecule has 0 heterocycles. The molecule has 2 rings (SSSR count). The highest BCUT2D eigenvalue weighted by atomic mass is 32.2. The minimum atomic E-state index is 0.117. The molecule has 2 aromatic carbocycles. The van der Waals surface area contributed by atoms with Crippen LogP contribution in [0.25, 0.3) is 0 Å². The van der Waals surface area contributed by atoms with Crippen LogP contribution < -0.4 is 9.88 Å². The highest BCUT2D eigenvalue weighted by molar-refractivity contribution is 8.10. The van der Waals surface area contributed by atoms with Gasteiger partial charge in [-0.25, -0.2) is 0 Å². The molecule has 0 aliphatic heterocycles. The third kappa shape index (κ3) is 5.12. The van der Waals surface area contributed by atoms with E-state index in [4.69, 9.17) is 9.88 Å². The fourth-order valence-corrected chi connectivity index (χ4v) is 2.25. The first-order valence-electron chi connectivity index (χ1n) is 7.10. The van der Waals surface area contributed by atoms with E-state index >= 15 is 0 Å². The number of aryl methyl sites for hydroxylation is 1. The van der Waals surface area contributed by atoms with Crippen LogP contribution in [0.15, 0.2) is 58.7 Å². The molecule has 2 aromatic rings. The number of hydrogen-bond acceptors (Lipinski definition) is 6. The van der Waals surface area contributed by atoms with E-state index < -0.39 is 0 Å². The lowest BCUT2D eigenvalue weighted by Gasteiger charge is -2.09. The summed E-state index contributed by atoms with van der Waals surface area (Å²) < 4.78 is 5.11. The number of nitrogens with two attached hydrogens (primary N) is 1. The molecule has 3 N–H and O–H groups in total. The first kappa shape index (κ1) is 17.1. The first-order valence-corrected chi connectivity index (χ1v) is 8.04. The Hall–Kier alpha value is -2.31. The first-order chi connectivity index (χ1) is 11.2. The predicted octanol–water partition coefficient (Wildman–Crippen LogP) is 3.37. The van der Waals surface area contributed by atoms with Gasteiger partial charge in [-0.3, -0.25) is 5.14 Å². The average Bonchev–Trinajstić information content (AvgIpc) is 2.59. The number of hydrogen-bond donors (Lipinski definition) is 2. The molecule has 0 atom stereocenters. The summed E-state index contributed by atoms with van der Waals surface area (Å²) in [5.74, 6) is 0.710. The van der Waals surface area contributed by atoms with Gasteiger partial charge in [0, 0.05) is 11.6 Å². The van der Waals surface area contributed by atoms with E-state index in [0.29, 0.717) is 23.4 Å². The van der Waals surface area contributed by atoms with Crippen molar-refractivity contribution >= 4 is 23.2 Å². The van der Waals surface area contributed by atoms with Crippen molar-refractivity contribution in [1.82, 2.24) is 0 Å². The number of rotatable bonds is 7. The van der Waals surface area contributed by atoms with Gasteiger partial charge in [-0.15, -0.1) is 0 Å². The van der Waals surface area contributed by atoms with Crippen LogP contribution in [0.4, 0.5) is 0 Å². The van der Waals surface area contributed by atoms with Crippen LogP contribution in [-0.2, 0) is 6.42 Å². The van der Waals surface area contributed by atoms with E-state index in [1.165, 1.54) is 11.1 Å². The van der Waals surface area contributed by atoms with Gasteiger partial charge < -0.3 is 9.84 Å². The monoisotopic (exact) mass is 329 g/mol. The van der Waals surface area contributed by atoms with Crippen LogP contribution in [0, 0.1) is 0 Å². The number of aromatic hydroxyl groups is 1. The zero-order valence-electron chi connectivity index (χ0n) is 12.8. The van der Waals surface area contributed by atoms with Crippen LogP contribution in [0.5, 0.6) is 11.5 Å². The molecule has 0 saturated heterocycles. The van der Waals surface area contributed by atoms with Crippen molar-refractivity contribution in [3.05, 3.63) is 59.7 Å². The minimum Gasteiger partial charge on any atom is -0.507 e. The topological polar surface area (TPSA) is 80.2 Å². The lowest BCUT2D eigenvalue weighted by Crippen LogP contribution is -2.04. The molecule has 0 aliphatic rings. The molecule has 23 heavy (non-hydrogen) atoms. The Morgan fingerprint density at radius 1 is 1.26 bits per heavy atom. The minimum absolute atomic E-state index is 0.117. The van der Waals surface area contributed by atoms with Gasteiger partial charge in [0.05, 0.1) is 18.4 Å². The van der Waals surface area contributed by atoms with Crippen molar-refractivity contribution in [3.63, 3.8) is 0 Å². The Kier molecular flexibility index (Phi) is 6.65. The maximum Gasteiger partial charge on any atom is 0.128 e. The summed E-state index contributed by atoms with van der Waals surface area (Å²) in [6, 6.07) is 15.2. The maximum atomic E-state index is 10.2. The smallest absolute Gasteiger partial charge is 0.128 e. The van der Waals surface area contributed by atoms with Crippen LogP contribution >= 0.6 is 11.9 Å². The van der Waals surface area contributed by atoms with Gasteiger partial charge >= 0.3 is 0 Å². The molecule has 0 unspecified atom stereocenters. The second kappa shape index (κ2) is 8.97. The van der Waals surface area contributed by atoms with E-state index in [-0.39, 0.29) is 5.75 Å². The molecule has 0 bridgehead atoms. The van der Waals surface area contributed by atoms with Crippen LogP contribution in [-0.4, -0.2) is 23.5 Å². The zero-order chi connectivity index (χ0) is 16.5. The summed E-state index contributed by atoms with van der Waals surface area (Å²) in [4.78, 5) is 0. The Bertz CT molecular complexity index is 687. The Morgan fingerprint density at radius 2 is 2.04 bits per heavy atom. The van der Waals surface area contributed by atoms with E-state index in [1.54, 1.807) is 25.3 Å². The number of methoxy groups -OCH3 is 1. The van der Waals surface area contributed by atoms with Gasteiger partial charge in [0.2, 0.25) is 0 Å². The van der Waals surface area contributed by atoms with Crippen molar-refractivity contribution in [2.24, 2.45) is 15.3 Å². The lowest BCUT2D eigenvalue weighted by molar-refractivity contribution is 0.407. The molecule has 0 radical (unpaired) electrons. The van der Waals surface area contributed by atoms with Gasteiger partial charge in [0.15, 0.2) is 0 Å². The summed E-state index contributed by atoms with van der Waals surface area (Å²) in [5.41, 5.74) is 3.98. The molecule has 0 saturated carbocycles. The third-order valence-electron chi connectivity index (χ3n) is 3.30. The highest BCUT2D eigenvalue weighted by Crippen LogP contribution is 2.25. The molecule has 0 aromatic heterocycles. The van der Waals surface area contributed by atoms with E-state index in [2.05, 4.69) is 22.3 Å². The molecule has 5 nitrogen and oxygen atoms in total. The number of phenols is 1. The molecule has 0 spiro atoms. The van der Waals surface area contributed by atoms with Crippen molar-refractivity contribution in [2.45, 2.75) is 12.8 Å². The third-order valence-corrected chi connectivity index (χ3v) is 3.51. The fraction of sp³-hybridized carbons (Fsp3) is 0.176. The second-order valence-electron chi connectivity index (χ2n) is 4.77. The maximum absolute atomic E-state index is 10.2. The number of ether oxygens (including phenoxy) is 1. The van der Waals surface area contributed by atoms with Crippen LogP contribution in [0.1, 0.15) is 17.5 Å². The molecule has 120 valence electrons. The van der Waals surface area contributed by atoms with Gasteiger partial charge in [-0.1, -0.05) is 30.3 Å². The fourth-order valence-electron chi connectivity index (χ4n) is 2.15. The lowest BCUT2D eigenvalue weighted by atomic mass is 10.0. The summed E-state index contributed by atoms with van der Waals surface area (Å²) >= 11 is 0.982. The molecular weight excluding hydrogens is 310 g/mol. The zero-order valence-corrected chi connectivity index (χ0v) is 13.7. The van der Waals surface area contributed by atoms with Gasteiger partial charge in [-0.05, 0) is 42.5 Å². The normalized spacial score (nSPS) is 11.8. The Balaban J connectivity index is 2.23. The summed E-state index contributed by atoms with van der Waals surface area (Å²) in [5, 5.41) is 23.6. The number of nitrogens with zero attached hydrogens (tertiary/aromatic N) is 2. The Morgan fingerprint density at radius 3 is 2.70 bits per heavy atom. The second-order valence-corrected chi connectivity index (χ2v) is 5.26. The van der Waals surface area contributed by atoms with Gasteiger partial charge in [0.1, 0.15) is 11.5 Å². The van der Waals surface area contributed by atoms with E-state index in [1.807, 2.05) is 18.2 Å². The molecule has 0 fully saturated rings. The van der Waals surface area contributed by atoms with Crippen molar-refractivity contribution in [3.8, 4) is 11.5 Å². The number of phenolic OH excluding ortho intramolecular Hbond substituents is 1. The number of benzene rings is 2. The highest BCUT2D eigenvalue weighted by Gasteiger charge is 2.11. The quantitative estimate of drug-likeness (QED) is 0.353. The van der Waals surface area contributed by atoms with Crippen molar-refractivity contribution < 1.29 is 9.84 Å². The standard InChI is InChI=1S/C17H19N3O2S/c1-22-14-8-9-15(17(21)11-14)16(20-19-12-23-18)10-7-13-5-3-2-4-6-13/h2-6,8-9,11-12,21H,7,10,18H2,1H3/b19-12+,20-16+. The summed E-state index contributed by atoms with van der Waals surface area (Å²) in [6.07, 6.45) is 1.45. The molecule has 0 aliphatic carbocycles. The van der Waals surface area contributed by atoms with Crippen molar-refractivity contribution in [2.75, 3.05) is 7.11 Å². The van der Waals surface area contributed by atoms with E-state index in [9.17, 15) is 5.11 Å². The van der Waals surface area contributed by atoms with Crippen molar-refractivity contribution in [1.29, 1.82) is 0 Å². The predicted molar refractivity (Wildman–Crippen MR) is 96.2 cm³/mol. The molecule has 6 heteroatoms. The van der Waals surface area contributed by atoms with E-state index in [0.717, 1.165) is 18.4 Å².